The Bertz CT molecular complexity index is 1270. The molecule has 3 aromatic rings. The van der Waals surface area contributed by atoms with Crippen molar-refractivity contribution in [2.45, 2.75) is 39.0 Å². The van der Waals surface area contributed by atoms with Gasteiger partial charge in [-0.15, -0.1) is 0 Å². The molecule has 0 saturated heterocycles. The van der Waals surface area contributed by atoms with Gasteiger partial charge in [0.1, 0.15) is 18.0 Å². The van der Waals surface area contributed by atoms with Gasteiger partial charge in [0, 0.05) is 17.2 Å². The number of carbonyl (C=O) groups excluding carboxylic acids is 1. The number of hydrogen-bond donors (Lipinski definition) is 1. The lowest BCUT2D eigenvalue weighted by Gasteiger charge is -2.19. The first-order valence-electron chi connectivity index (χ1n) is 10.4. The number of halogens is 4. The van der Waals surface area contributed by atoms with E-state index in [0.717, 1.165) is 11.6 Å². The molecule has 0 bridgehead atoms. The van der Waals surface area contributed by atoms with E-state index in [1.807, 2.05) is 20.8 Å². The minimum atomic E-state index is -4.53. The second kappa shape index (κ2) is 10.1. The topological polar surface area (TPSA) is 81.5 Å². The van der Waals surface area contributed by atoms with Crippen LogP contribution in [-0.2, 0) is 18.2 Å². The third-order valence-corrected chi connectivity index (χ3v) is 5.86. The number of carbonyl (C=O) groups is 1. The SMILES string of the molecule is CC(C)(C)c1ccc(NC(=O)c2ccc(Br)c(OCc3ccccc3C(F)(F)F)c2)c([N+](=O)[O-])c1. The molecule has 0 fully saturated rings. The van der Waals surface area contributed by atoms with Gasteiger partial charge in [-0.25, -0.2) is 0 Å². The Kier molecular flexibility index (Phi) is 7.54. The summed E-state index contributed by atoms with van der Waals surface area (Å²) < 4.78 is 45.7. The first-order valence-corrected chi connectivity index (χ1v) is 11.2. The zero-order valence-corrected chi connectivity index (χ0v) is 20.7. The zero-order valence-electron chi connectivity index (χ0n) is 19.1. The number of nitrogens with zero attached hydrogens (tertiary/aromatic N) is 1. The molecule has 0 aliphatic carbocycles. The van der Waals surface area contributed by atoms with Gasteiger partial charge in [0.25, 0.3) is 11.6 Å². The van der Waals surface area contributed by atoms with Crippen LogP contribution >= 0.6 is 15.9 Å². The van der Waals surface area contributed by atoms with Crippen LogP contribution in [0.1, 0.15) is 47.8 Å². The van der Waals surface area contributed by atoms with E-state index < -0.39 is 22.6 Å². The van der Waals surface area contributed by atoms with Gasteiger partial charge in [0.2, 0.25) is 0 Å². The van der Waals surface area contributed by atoms with Crippen molar-refractivity contribution >= 4 is 33.2 Å². The van der Waals surface area contributed by atoms with Crippen molar-refractivity contribution in [3.05, 3.63) is 97.5 Å². The van der Waals surface area contributed by atoms with Crippen molar-refractivity contribution < 1.29 is 27.6 Å². The fourth-order valence-corrected chi connectivity index (χ4v) is 3.64. The maximum Gasteiger partial charge on any atom is 0.416 e. The number of hydrogen-bond acceptors (Lipinski definition) is 4. The molecule has 0 unspecified atom stereocenters. The van der Waals surface area contributed by atoms with Crippen LogP contribution in [-0.4, -0.2) is 10.8 Å². The molecule has 6 nitrogen and oxygen atoms in total. The van der Waals surface area contributed by atoms with Gasteiger partial charge in [-0.05, 0) is 57.2 Å². The number of anilines is 1. The molecule has 0 saturated carbocycles. The lowest BCUT2D eigenvalue weighted by atomic mass is 9.86. The number of ether oxygens (including phenoxy) is 1. The van der Waals surface area contributed by atoms with Gasteiger partial charge in [-0.3, -0.25) is 14.9 Å². The number of rotatable bonds is 6. The molecule has 0 atom stereocenters. The zero-order chi connectivity index (χ0) is 26.0. The van der Waals surface area contributed by atoms with Crippen molar-refractivity contribution in [3.8, 4) is 5.75 Å². The average molecular weight is 551 g/mol. The predicted octanol–water partition coefficient (Wildman–Crippen LogP) is 7.50. The second-order valence-electron chi connectivity index (χ2n) is 8.78. The summed E-state index contributed by atoms with van der Waals surface area (Å²) in [4.78, 5) is 23.9. The maximum absolute atomic E-state index is 13.2. The van der Waals surface area contributed by atoms with Gasteiger partial charge in [0.15, 0.2) is 0 Å². The Morgan fingerprint density at radius 1 is 1.06 bits per heavy atom. The minimum absolute atomic E-state index is 0.0255. The number of amides is 1. The minimum Gasteiger partial charge on any atom is -0.488 e. The third kappa shape index (κ3) is 6.39. The maximum atomic E-state index is 13.2. The van der Waals surface area contributed by atoms with Crippen LogP contribution in [0.5, 0.6) is 5.75 Å². The Hall–Kier alpha value is -3.40. The van der Waals surface area contributed by atoms with Crippen molar-refractivity contribution in [2.24, 2.45) is 0 Å². The average Bonchev–Trinajstić information content (AvgIpc) is 2.77. The molecule has 184 valence electrons. The highest BCUT2D eigenvalue weighted by Crippen LogP contribution is 2.34. The van der Waals surface area contributed by atoms with E-state index in [1.165, 1.54) is 48.5 Å². The summed E-state index contributed by atoms with van der Waals surface area (Å²) in [6, 6.07) is 14.0. The summed E-state index contributed by atoms with van der Waals surface area (Å²) in [5, 5.41) is 14.1. The molecule has 0 spiro atoms. The van der Waals surface area contributed by atoms with E-state index in [1.54, 1.807) is 6.07 Å². The van der Waals surface area contributed by atoms with Gasteiger partial charge in [-0.2, -0.15) is 13.2 Å². The van der Waals surface area contributed by atoms with E-state index in [9.17, 15) is 28.1 Å². The molecular weight excluding hydrogens is 529 g/mol. The van der Waals surface area contributed by atoms with Gasteiger partial charge in [0.05, 0.1) is 15.0 Å². The number of nitro groups is 1. The summed E-state index contributed by atoms with van der Waals surface area (Å²) in [5.74, 6) is -0.489. The summed E-state index contributed by atoms with van der Waals surface area (Å²) in [5.41, 5.74) is -0.564. The normalized spacial score (nSPS) is 11.7. The Labute approximate surface area is 208 Å². The van der Waals surface area contributed by atoms with Crippen LogP contribution in [0.25, 0.3) is 0 Å². The summed E-state index contributed by atoms with van der Waals surface area (Å²) in [6.07, 6.45) is -4.53. The molecule has 0 aliphatic rings. The van der Waals surface area contributed by atoms with E-state index in [-0.39, 0.29) is 40.3 Å². The quantitative estimate of drug-likeness (QED) is 0.254. The van der Waals surface area contributed by atoms with Crippen LogP contribution in [0.4, 0.5) is 24.5 Å². The van der Waals surface area contributed by atoms with Crippen LogP contribution in [0.3, 0.4) is 0 Å². The molecule has 3 aromatic carbocycles. The molecule has 35 heavy (non-hydrogen) atoms. The monoisotopic (exact) mass is 550 g/mol. The smallest absolute Gasteiger partial charge is 0.416 e. The Morgan fingerprint density at radius 2 is 1.74 bits per heavy atom. The van der Waals surface area contributed by atoms with E-state index in [2.05, 4.69) is 21.2 Å². The number of nitro benzene ring substituents is 1. The number of alkyl halides is 3. The molecule has 1 N–H and O–H groups in total. The van der Waals surface area contributed by atoms with E-state index in [4.69, 9.17) is 4.74 Å². The highest BCUT2D eigenvalue weighted by molar-refractivity contribution is 9.10. The fourth-order valence-electron chi connectivity index (χ4n) is 3.28. The van der Waals surface area contributed by atoms with Crippen LogP contribution in [0.15, 0.2) is 65.1 Å². The van der Waals surface area contributed by atoms with Crippen molar-refractivity contribution in [1.29, 1.82) is 0 Å². The van der Waals surface area contributed by atoms with Gasteiger partial charge < -0.3 is 10.1 Å². The standard InChI is InChI=1S/C25H22BrF3N2O4/c1-24(2,3)17-9-11-20(21(13-17)31(33)34)30-23(32)15-8-10-19(26)22(12-15)35-14-16-6-4-5-7-18(16)25(27,28)29/h4-13H,14H2,1-3H3,(H,30,32). The van der Waals surface area contributed by atoms with Gasteiger partial charge in [-0.1, -0.05) is 45.0 Å². The summed E-state index contributed by atoms with van der Waals surface area (Å²) >= 11 is 3.27. The number of nitrogens with one attached hydrogen (secondary N) is 1. The molecule has 0 aromatic heterocycles. The molecule has 0 aliphatic heterocycles. The van der Waals surface area contributed by atoms with Crippen molar-refractivity contribution in [2.75, 3.05) is 5.32 Å². The molecule has 1 amide bonds. The summed E-state index contributed by atoms with van der Waals surface area (Å²) in [7, 11) is 0. The predicted molar refractivity (Wildman–Crippen MR) is 130 cm³/mol. The largest absolute Gasteiger partial charge is 0.488 e. The first kappa shape index (κ1) is 26.2. The second-order valence-corrected chi connectivity index (χ2v) is 9.64. The van der Waals surface area contributed by atoms with Crippen LogP contribution in [0, 0.1) is 10.1 Å². The van der Waals surface area contributed by atoms with E-state index >= 15 is 0 Å². The highest BCUT2D eigenvalue weighted by atomic mass is 79.9. The van der Waals surface area contributed by atoms with Crippen molar-refractivity contribution in [1.82, 2.24) is 0 Å². The first-order chi connectivity index (χ1) is 16.3. The Morgan fingerprint density at radius 3 is 2.37 bits per heavy atom. The lowest BCUT2D eigenvalue weighted by Crippen LogP contribution is -2.15. The third-order valence-electron chi connectivity index (χ3n) is 5.21. The highest BCUT2D eigenvalue weighted by Gasteiger charge is 2.33. The molecule has 0 radical (unpaired) electrons. The molecule has 3 rings (SSSR count). The van der Waals surface area contributed by atoms with Crippen LogP contribution in [0.2, 0.25) is 0 Å². The molecule has 10 heteroatoms. The Balaban J connectivity index is 1.83. The fraction of sp³-hybridized carbons (Fsp3) is 0.240. The molecule has 0 heterocycles. The summed E-state index contributed by atoms with van der Waals surface area (Å²) in [6.45, 7) is 5.38. The number of benzene rings is 3. The van der Waals surface area contributed by atoms with Crippen LogP contribution < -0.4 is 10.1 Å². The van der Waals surface area contributed by atoms with Gasteiger partial charge >= 0.3 is 6.18 Å². The lowest BCUT2D eigenvalue weighted by molar-refractivity contribution is -0.384. The van der Waals surface area contributed by atoms with E-state index in [0.29, 0.717) is 4.47 Å². The van der Waals surface area contributed by atoms with Crippen molar-refractivity contribution in [3.63, 3.8) is 0 Å². The molecular formula is C25H22BrF3N2O4.